The maximum absolute atomic E-state index is 11.4. The number of ether oxygens (including phenoxy) is 1. The maximum Gasteiger partial charge on any atom is 0.307 e. The lowest BCUT2D eigenvalue weighted by Gasteiger charge is -2.38. The van der Waals surface area contributed by atoms with Crippen molar-refractivity contribution >= 4 is 35.8 Å². The standard InChI is InChI=1S/C19H30O4.C19H32O3.C18H30O3.C17H28O2.C16H26O2/c1-4-11-6-12(5-2)19-15-8-13(18(11)19)7-14(15)16(9-17(21)22)23-10(3)20;1-4-11-6-12(5-2)18-15-8-13(17(11)18)7-14(15)9-19(3,22)10-16(20)21;1-3-10-5-11(4-2)18-15-8-13(17(10)18)6-12(15)7-14(19)9-16(20)21;1-3-10-7-11(4-2)17-14-9-13(16(10)17)8-12(14)5-6-15(18)19;1-3-9-5-10(4-2)16-13-7-12(15(9)16)6-11(13)8-14(17)18/h11-16,18-19H,4-9H2,1-3H3,(H,21,22);11-15,17-18,22H,4-10H2,1-3H3,(H,20,21);10-15,17-19H,3-9H2,1-2H3,(H,20,21);10-14,16-17H,3-9H2,1-2H3,(H,18,19);9-13,15-16H,3-8H2,1-2H3,(H,17,18). The van der Waals surface area contributed by atoms with Gasteiger partial charge >= 0.3 is 35.8 Å². The number of hydrogen-bond donors (Lipinski definition) is 7. The van der Waals surface area contributed by atoms with Gasteiger partial charge in [0, 0.05) is 19.8 Å². The molecule has 586 valence electrons. The highest BCUT2D eigenvalue weighted by Gasteiger charge is 2.65. The van der Waals surface area contributed by atoms with Gasteiger partial charge in [0.15, 0.2) is 0 Å². The van der Waals surface area contributed by atoms with Gasteiger partial charge in [-0.05, 0) is 330 Å². The molecular formula is C89H146O14. The van der Waals surface area contributed by atoms with E-state index in [4.69, 9.17) is 25.2 Å². The smallest absolute Gasteiger partial charge is 0.307 e. The van der Waals surface area contributed by atoms with Crippen molar-refractivity contribution in [3.8, 4) is 0 Å². The summed E-state index contributed by atoms with van der Waals surface area (Å²) < 4.78 is 5.45. The summed E-state index contributed by atoms with van der Waals surface area (Å²) in [5.74, 6) is 24.4. The minimum absolute atomic E-state index is 0.0428. The summed E-state index contributed by atoms with van der Waals surface area (Å²) in [5, 5.41) is 65.4. The number of fused-ring (bicyclic) bond motifs is 25. The molecule has 15 aliphatic rings. The Balaban J connectivity index is 0.000000129. The third-order valence-electron chi connectivity index (χ3n) is 34.5. The van der Waals surface area contributed by atoms with Gasteiger partial charge in [-0.2, -0.15) is 0 Å². The number of carbonyl (C=O) groups is 6. The van der Waals surface area contributed by atoms with Crippen molar-refractivity contribution in [3.63, 3.8) is 0 Å². The Morgan fingerprint density at radius 2 is 0.680 bits per heavy atom. The number of carboxylic acid groups (broad SMARTS) is 5. The molecule has 7 N–H and O–H groups in total. The van der Waals surface area contributed by atoms with E-state index < -0.39 is 47.7 Å². The first-order valence-electron chi connectivity index (χ1n) is 43.8. The molecule has 0 saturated heterocycles. The predicted octanol–water partition coefficient (Wildman–Crippen LogP) is 19.2. The van der Waals surface area contributed by atoms with Gasteiger partial charge in [0.25, 0.3) is 0 Å². The highest BCUT2D eigenvalue weighted by Crippen LogP contribution is 2.71. The fraction of sp³-hybridized carbons (Fsp3) is 0.933. The van der Waals surface area contributed by atoms with Crippen LogP contribution < -0.4 is 0 Å². The van der Waals surface area contributed by atoms with Gasteiger partial charge in [-0.15, -0.1) is 0 Å². The van der Waals surface area contributed by atoms with Crippen molar-refractivity contribution in [2.75, 3.05) is 0 Å². The second-order valence-electron chi connectivity index (χ2n) is 38.9. The van der Waals surface area contributed by atoms with E-state index >= 15 is 0 Å². The van der Waals surface area contributed by atoms with Crippen LogP contribution in [0.1, 0.15) is 295 Å². The van der Waals surface area contributed by atoms with E-state index in [2.05, 4.69) is 69.2 Å². The summed E-state index contributed by atoms with van der Waals surface area (Å²) in [7, 11) is 0. The van der Waals surface area contributed by atoms with E-state index in [-0.39, 0.29) is 31.1 Å². The van der Waals surface area contributed by atoms with Gasteiger partial charge in [0.05, 0.1) is 31.0 Å². The number of esters is 1. The quantitative estimate of drug-likeness (QED) is 0.0378. The number of rotatable bonds is 27. The van der Waals surface area contributed by atoms with Crippen LogP contribution in [0.3, 0.4) is 0 Å². The molecule has 10 bridgehead atoms. The molecule has 38 atom stereocenters. The molecule has 14 heteroatoms. The summed E-state index contributed by atoms with van der Waals surface area (Å²) in [4.78, 5) is 66.1. The average molecular weight is 1440 g/mol. The molecule has 15 saturated carbocycles. The monoisotopic (exact) mass is 1440 g/mol. The lowest BCUT2D eigenvalue weighted by Crippen LogP contribution is -2.38. The van der Waals surface area contributed by atoms with Crippen LogP contribution in [-0.2, 0) is 33.5 Å². The first-order valence-corrected chi connectivity index (χ1v) is 43.8. The summed E-state index contributed by atoms with van der Waals surface area (Å²) in [6.07, 6.45) is 34.7. The normalized spacial score (nSPS) is 46.0. The molecule has 0 radical (unpaired) electrons. The van der Waals surface area contributed by atoms with Gasteiger partial charge in [0.2, 0.25) is 0 Å². The lowest BCUT2D eigenvalue weighted by atomic mass is 9.68. The highest BCUT2D eigenvalue weighted by molar-refractivity contribution is 5.70. The van der Waals surface area contributed by atoms with E-state index in [0.717, 1.165) is 190 Å². The van der Waals surface area contributed by atoms with Crippen LogP contribution in [0.25, 0.3) is 0 Å². The predicted molar refractivity (Wildman–Crippen MR) is 402 cm³/mol. The van der Waals surface area contributed by atoms with E-state index in [9.17, 15) is 44.1 Å². The number of hydrogen-bond acceptors (Lipinski definition) is 9. The summed E-state index contributed by atoms with van der Waals surface area (Å²) in [5.41, 5.74) is -1.04. The molecule has 15 aliphatic carbocycles. The van der Waals surface area contributed by atoms with Crippen molar-refractivity contribution in [1.82, 2.24) is 0 Å². The average Bonchev–Trinajstić information content (AvgIpc) is 1.60. The van der Waals surface area contributed by atoms with E-state index in [1.54, 1.807) is 6.92 Å². The maximum atomic E-state index is 11.4. The van der Waals surface area contributed by atoms with Crippen LogP contribution in [0.4, 0.5) is 0 Å². The molecule has 38 unspecified atom stereocenters. The molecule has 0 aromatic carbocycles. The molecule has 0 amide bonds. The fourth-order valence-corrected chi connectivity index (χ4v) is 31.9. The molecular weight excluding hydrogens is 1290 g/mol. The van der Waals surface area contributed by atoms with Gasteiger partial charge in [-0.1, -0.05) is 133 Å². The van der Waals surface area contributed by atoms with Crippen molar-refractivity contribution in [1.29, 1.82) is 0 Å². The molecule has 15 fully saturated rings. The summed E-state index contributed by atoms with van der Waals surface area (Å²) in [6, 6.07) is 0. The zero-order valence-corrected chi connectivity index (χ0v) is 66.2. The van der Waals surface area contributed by atoms with Crippen LogP contribution in [0.2, 0.25) is 0 Å². The van der Waals surface area contributed by atoms with Crippen LogP contribution in [-0.4, -0.2) is 89.4 Å². The van der Waals surface area contributed by atoms with E-state index in [1.165, 1.54) is 161 Å². The Hall–Kier alpha value is -3.26. The Bertz CT molecular complexity index is 2840. The van der Waals surface area contributed by atoms with Crippen LogP contribution in [0.15, 0.2) is 0 Å². The Kier molecular flexibility index (Phi) is 26.9. The zero-order valence-electron chi connectivity index (χ0n) is 66.2. The molecule has 0 heterocycles. The number of carbonyl (C=O) groups excluding carboxylic acids is 1. The molecule has 14 nitrogen and oxygen atoms in total. The highest BCUT2D eigenvalue weighted by atomic mass is 16.5. The molecule has 0 aromatic heterocycles. The second kappa shape index (κ2) is 34.3. The Morgan fingerprint density at radius 1 is 0.359 bits per heavy atom. The van der Waals surface area contributed by atoms with Crippen molar-refractivity contribution in [3.05, 3.63) is 0 Å². The van der Waals surface area contributed by atoms with Crippen molar-refractivity contribution < 1.29 is 69.2 Å². The number of aliphatic carboxylic acids is 5. The zero-order chi connectivity index (χ0) is 74.4. The summed E-state index contributed by atoms with van der Waals surface area (Å²) >= 11 is 0. The number of aliphatic hydroxyl groups is 2. The van der Waals surface area contributed by atoms with Crippen molar-refractivity contribution in [2.24, 2.45) is 207 Å². The van der Waals surface area contributed by atoms with Crippen LogP contribution in [0, 0.1) is 207 Å². The Labute approximate surface area is 621 Å². The van der Waals surface area contributed by atoms with E-state index in [0.29, 0.717) is 49.4 Å². The first kappa shape index (κ1) is 80.7. The fourth-order valence-electron chi connectivity index (χ4n) is 31.9. The van der Waals surface area contributed by atoms with Crippen LogP contribution in [0.5, 0.6) is 0 Å². The second-order valence-corrected chi connectivity index (χ2v) is 38.9. The third kappa shape index (κ3) is 16.6. The number of aliphatic hydroxyl groups excluding tert-OH is 1. The van der Waals surface area contributed by atoms with Crippen molar-refractivity contribution in [2.45, 2.75) is 313 Å². The van der Waals surface area contributed by atoms with Gasteiger partial charge < -0.3 is 40.5 Å². The van der Waals surface area contributed by atoms with E-state index in [1.807, 2.05) is 0 Å². The number of carboxylic acids is 5. The lowest BCUT2D eigenvalue weighted by molar-refractivity contribution is -0.156. The minimum Gasteiger partial charge on any atom is -0.481 e. The molecule has 0 aliphatic heterocycles. The SMILES string of the molecule is CCC1CC(CC)C2C3CC(CC3C(CC(=O)O)OC(C)=O)C12.CCC1CC(CC)C2C3CC(CC3CC(=O)O)C12.CCC1CC(CC)C2C3CC(CC3CC(C)(O)CC(=O)O)C12.CCC1CC(CC)C2C3CC(CC3CC(O)CC(=O)O)C12.CCC1CC(CC)C2C3CC(CC3CCC(=O)O)C12. The first-order chi connectivity index (χ1) is 49.2. The van der Waals surface area contributed by atoms with Gasteiger partial charge in [0.1, 0.15) is 6.10 Å². The molecule has 0 spiro atoms. The third-order valence-corrected chi connectivity index (χ3v) is 34.5. The molecule has 0 aromatic rings. The summed E-state index contributed by atoms with van der Waals surface area (Å²) in [6.45, 7) is 26.5. The van der Waals surface area contributed by atoms with Crippen LogP contribution >= 0.6 is 0 Å². The van der Waals surface area contributed by atoms with Gasteiger partial charge in [-0.3, -0.25) is 28.8 Å². The largest absolute Gasteiger partial charge is 0.481 e. The Morgan fingerprint density at radius 3 is 1.04 bits per heavy atom. The molecule has 15 rings (SSSR count). The topological polar surface area (TPSA) is 253 Å². The van der Waals surface area contributed by atoms with Gasteiger partial charge in [-0.25, -0.2) is 0 Å². The minimum atomic E-state index is -1.04. The molecule has 103 heavy (non-hydrogen) atoms.